The lowest BCUT2D eigenvalue weighted by molar-refractivity contribution is 0.299. The molecule has 100 valence electrons. The molecular formula is C16H18BrNO. The van der Waals surface area contributed by atoms with Gasteiger partial charge in [-0.25, -0.2) is 0 Å². The average Bonchev–Trinajstić information content (AvgIpc) is 2.42. The smallest absolute Gasteiger partial charge is 0.0496 e. The Balaban J connectivity index is 2.06. The van der Waals surface area contributed by atoms with Gasteiger partial charge in [-0.15, -0.1) is 0 Å². The fourth-order valence-corrected chi connectivity index (χ4v) is 2.68. The van der Waals surface area contributed by atoms with Gasteiger partial charge in [-0.2, -0.15) is 0 Å². The van der Waals surface area contributed by atoms with Gasteiger partial charge in [-0.05, 0) is 42.7 Å². The van der Waals surface area contributed by atoms with Crippen LogP contribution in [0.15, 0.2) is 53.0 Å². The molecule has 0 saturated heterocycles. The van der Waals surface area contributed by atoms with Crippen molar-refractivity contribution in [3.05, 3.63) is 64.1 Å². The summed E-state index contributed by atoms with van der Waals surface area (Å²) in [5.41, 5.74) is 3.48. The van der Waals surface area contributed by atoms with E-state index in [-0.39, 0.29) is 12.6 Å². The van der Waals surface area contributed by atoms with E-state index in [0.29, 0.717) is 6.42 Å². The highest BCUT2D eigenvalue weighted by atomic mass is 79.9. The zero-order chi connectivity index (χ0) is 13.7. The highest BCUT2D eigenvalue weighted by Crippen LogP contribution is 2.26. The zero-order valence-electron chi connectivity index (χ0n) is 10.9. The predicted molar refractivity (Wildman–Crippen MR) is 83.4 cm³/mol. The van der Waals surface area contributed by atoms with Crippen LogP contribution in [0.2, 0.25) is 0 Å². The first kappa shape index (κ1) is 14.1. The van der Waals surface area contributed by atoms with Crippen LogP contribution in [0.25, 0.3) is 0 Å². The Labute approximate surface area is 122 Å². The Kier molecular flexibility index (Phi) is 5.00. The van der Waals surface area contributed by atoms with Crippen LogP contribution >= 0.6 is 15.9 Å². The van der Waals surface area contributed by atoms with Gasteiger partial charge in [0.05, 0.1) is 0 Å². The number of aliphatic hydroxyl groups is 1. The molecule has 0 saturated carbocycles. The molecule has 0 fully saturated rings. The van der Waals surface area contributed by atoms with Crippen molar-refractivity contribution in [1.29, 1.82) is 0 Å². The summed E-state index contributed by atoms with van der Waals surface area (Å²) >= 11 is 3.57. The van der Waals surface area contributed by atoms with Crippen molar-refractivity contribution in [2.75, 3.05) is 11.9 Å². The number of halogens is 1. The molecule has 1 unspecified atom stereocenters. The number of anilines is 1. The second-order valence-corrected chi connectivity index (χ2v) is 5.41. The molecule has 0 aliphatic heterocycles. The van der Waals surface area contributed by atoms with Crippen LogP contribution in [-0.2, 0) is 6.42 Å². The van der Waals surface area contributed by atoms with E-state index >= 15 is 0 Å². The van der Waals surface area contributed by atoms with Crippen molar-refractivity contribution in [3.8, 4) is 0 Å². The van der Waals surface area contributed by atoms with E-state index < -0.39 is 0 Å². The maximum Gasteiger partial charge on any atom is 0.0496 e. The summed E-state index contributed by atoms with van der Waals surface area (Å²) in [6.45, 7) is 2.34. The highest BCUT2D eigenvalue weighted by Gasteiger charge is 2.08. The van der Waals surface area contributed by atoms with Crippen LogP contribution in [0.1, 0.15) is 24.1 Å². The molecule has 2 nitrogen and oxygen atoms in total. The summed E-state index contributed by atoms with van der Waals surface area (Å²) < 4.78 is 1.12. The number of hydrogen-bond donors (Lipinski definition) is 2. The molecule has 3 heteroatoms. The predicted octanol–water partition coefficient (Wildman–Crippen LogP) is 4.16. The summed E-state index contributed by atoms with van der Waals surface area (Å²) in [6, 6.07) is 16.7. The molecule has 0 bridgehead atoms. The topological polar surface area (TPSA) is 32.3 Å². The Hall–Kier alpha value is -1.32. The van der Waals surface area contributed by atoms with Crippen molar-refractivity contribution in [2.24, 2.45) is 0 Å². The van der Waals surface area contributed by atoms with E-state index in [1.165, 1.54) is 5.56 Å². The summed E-state index contributed by atoms with van der Waals surface area (Å²) in [7, 11) is 0. The molecule has 0 heterocycles. The third kappa shape index (κ3) is 3.82. The van der Waals surface area contributed by atoms with E-state index in [1.807, 2.05) is 24.3 Å². The number of hydrogen-bond acceptors (Lipinski definition) is 2. The Bertz CT molecular complexity index is 525. The van der Waals surface area contributed by atoms with Crippen molar-refractivity contribution >= 4 is 21.6 Å². The van der Waals surface area contributed by atoms with Crippen LogP contribution in [0.5, 0.6) is 0 Å². The summed E-state index contributed by atoms with van der Waals surface area (Å²) in [4.78, 5) is 0. The second kappa shape index (κ2) is 6.73. The number of benzene rings is 2. The van der Waals surface area contributed by atoms with E-state index in [4.69, 9.17) is 5.11 Å². The summed E-state index contributed by atoms with van der Waals surface area (Å²) in [5.74, 6) is 0. The largest absolute Gasteiger partial charge is 0.396 e. The third-order valence-electron chi connectivity index (χ3n) is 3.11. The van der Waals surface area contributed by atoms with Gasteiger partial charge in [0.2, 0.25) is 0 Å². The van der Waals surface area contributed by atoms with Crippen molar-refractivity contribution in [3.63, 3.8) is 0 Å². The van der Waals surface area contributed by atoms with Crippen LogP contribution in [0.4, 0.5) is 5.69 Å². The van der Waals surface area contributed by atoms with Gasteiger partial charge in [-0.1, -0.05) is 46.3 Å². The molecule has 1 atom stereocenters. The minimum absolute atomic E-state index is 0.195. The minimum Gasteiger partial charge on any atom is -0.396 e. The molecular weight excluding hydrogens is 302 g/mol. The molecule has 0 aliphatic carbocycles. The lowest BCUT2D eigenvalue weighted by atomic mass is 10.1. The SMILES string of the molecule is CC(Nc1ccc(CCO)cc1)c1ccccc1Br. The molecule has 0 radical (unpaired) electrons. The minimum atomic E-state index is 0.195. The van der Waals surface area contributed by atoms with Crippen molar-refractivity contribution in [2.45, 2.75) is 19.4 Å². The van der Waals surface area contributed by atoms with Crippen molar-refractivity contribution in [1.82, 2.24) is 0 Å². The maximum atomic E-state index is 8.89. The van der Waals surface area contributed by atoms with Gasteiger partial charge in [0, 0.05) is 22.8 Å². The van der Waals surface area contributed by atoms with Gasteiger partial charge in [0.25, 0.3) is 0 Å². The van der Waals surface area contributed by atoms with E-state index in [9.17, 15) is 0 Å². The maximum absolute atomic E-state index is 8.89. The summed E-state index contributed by atoms with van der Waals surface area (Å²) in [5, 5.41) is 12.4. The van der Waals surface area contributed by atoms with Crippen molar-refractivity contribution < 1.29 is 5.11 Å². The van der Waals surface area contributed by atoms with Crippen LogP contribution < -0.4 is 5.32 Å². The van der Waals surface area contributed by atoms with Gasteiger partial charge in [-0.3, -0.25) is 0 Å². The lowest BCUT2D eigenvalue weighted by Crippen LogP contribution is -2.07. The Morgan fingerprint density at radius 2 is 1.79 bits per heavy atom. The summed E-state index contributed by atoms with van der Waals surface area (Å²) in [6.07, 6.45) is 0.708. The first-order chi connectivity index (χ1) is 9.20. The molecule has 19 heavy (non-hydrogen) atoms. The molecule has 0 aromatic heterocycles. The first-order valence-corrected chi connectivity index (χ1v) is 7.21. The molecule has 0 aliphatic rings. The van der Waals surface area contributed by atoms with Gasteiger partial charge >= 0.3 is 0 Å². The highest BCUT2D eigenvalue weighted by molar-refractivity contribution is 9.10. The molecule has 2 aromatic carbocycles. The monoisotopic (exact) mass is 319 g/mol. The normalized spacial score (nSPS) is 12.2. The fourth-order valence-electron chi connectivity index (χ4n) is 2.05. The standard InChI is InChI=1S/C16H18BrNO/c1-12(15-4-2-3-5-16(15)17)18-14-8-6-13(7-9-14)10-11-19/h2-9,12,18-19H,10-11H2,1H3. The number of aliphatic hydroxyl groups excluding tert-OH is 1. The van der Waals surface area contributed by atoms with E-state index in [2.05, 4.69) is 52.4 Å². The van der Waals surface area contributed by atoms with Crippen LogP contribution in [0.3, 0.4) is 0 Å². The molecule has 0 spiro atoms. The molecule has 2 rings (SSSR count). The van der Waals surface area contributed by atoms with E-state index in [0.717, 1.165) is 15.7 Å². The van der Waals surface area contributed by atoms with Gasteiger partial charge in [0.1, 0.15) is 0 Å². The Morgan fingerprint density at radius 1 is 1.11 bits per heavy atom. The fraction of sp³-hybridized carbons (Fsp3) is 0.250. The van der Waals surface area contributed by atoms with Crippen LogP contribution in [0, 0.1) is 0 Å². The van der Waals surface area contributed by atoms with Gasteiger partial charge in [0.15, 0.2) is 0 Å². The average molecular weight is 320 g/mol. The molecule has 0 amide bonds. The first-order valence-electron chi connectivity index (χ1n) is 6.41. The van der Waals surface area contributed by atoms with E-state index in [1.54, 1.807) is 0 Å². The van der Waals surface area contributed by atoms with Gasteiger partial charge < -0.3 is 10.4 Å². The Morgan fingerprint density at radius 3 is 2.42 bits per heavy atom. The lowest BCUT2D eigenvalue weighted by Gasteiger charge is -2.17. The second-order valence-electron chi connectivity index (χ2n) is 4.56. The molecule has 2 aromatic rings. The van der Waals surface area contributed by atoms with Crippen LogP contribution in [-0.4, -0.2) is 11.7 Å². The third-order valence-corrected chi connectivity index (χ3v) is 3.83. The zero-order valence-corrected chi connectivity index (χ0v) is 12.5. The quantitative estimate of drug-likeness (QED) is 0.867. The number of rotatable bonds is 5. The number of nitrogens with one attached hydrogen (secondary N) is 1. The molecule has 2 N–H and O–H groups in total.